The molecule has 3 aromatic carbocycles. The number of carbonyl (C=O) groups excluding carboxylic acids is 1. The van der Waals surface area contributed by atoms with Gasteiger partial charge in [-0.2, -0.15) is 0 Å². The zero-order valence-corrected chi connectivity index (χ0v) is 22.9. The van der Waals surface area contributed by atoms with E-state index in [1.165, 1.54) is 31.2 Å². The molecule has 3 aromatic rings. The zero-order valence-electron chi connectivity index (χ0n) is 22.9. The van der Waals surface area contributed by atoms with Crippen LogP contribution in [0.15, 0.2) is 77.3 Å². The van der Waals surface area contributed by atoms with E-state index in [9.17, 15) is 4.79 Å². The normalized spacial score (nSPS) is 17.5. The lowest BCUT2D eigenvalue weighted by molar-refractivity contribution is -0.118. The number of hydrogen-bond acceptors (Lipinski definition) is 4. The minimum atomic E-state index is -0.502. The molecule has 200 valence electrons. The molecule has 5 nitrogen and oxygen atoms in total. The molecule has 0 radical (unpaired) electrons. The Labute approximate surface area is 231 Å². The van der Waals surface area contributed by atoms with Crippen LogP contribution in [0.2, 0.25) is 0 Å². The van der Waals surface area contributed by atoms with Gasteiger partial charge in [0.15, 0.2) is 11.5 Å². The fraction of sp³-hybridized carbons (Fsp3) is 0.353. The highest BCUT2D eigenvalue weighted by atomic mass is 16.7. The smallest absolute Gasteiger partial charge is 0.235 e. The van der Waals surface area contributed by atoms with Crippen molar-refractivity contribution in [3.05, 3.63) is 89.0 Å². The van der Waals surface area contributed by atoms with E-state index in [1.54, 1.807) is 5.57 Å². The number of hydrogen-bond donors (Lipinski definition) is 1. The second-order valence-electron chi connectivity index (χ2n) is 11.0. The van der Waals surface area contributed by atoms with Gasteiger partial charge in [-0.05, 0) is 111 Å². The van der Waals surface area contributed by atoms with E-state index >= 15 is 0 Å². The highest BCUT2D eigenvalue weighted by Crippen LogP contribution is 2.51. The van der Waals surface area contributed by atoms with Gasteiger partial charge in [0.1, 0.15) is 0 Å². The monoisotopic (exact) mass is 520 g/mol. The van der Waals surface area contributed by atoms with E-state index in [0.717, 1.165) is 71.0 Å². The third-order valence-electron chi connectivity index (χ3n) is 8.39. The molecule has 39 heavy (non-hydrogen) atoms. The van der Waals surface area contributed by atoms with Gasteiger partial charge in [-0.1, -0.05) is 48.0 Å². The van der Waals surface area contributed by atoms with Crippen LogP contribution in [-0.2, 0) is 10.2 Å². The summed E-state index contributed by atoms with van der Waals surface area (Å²) in [6.45, 7) is 5.29. The number of nitrogens with one attached hydrogen (secondary N) is 1. The molecule has 0 saturated heterocycles. The van der Waals surface area contributed by atoms with Crippen molar-refractivity contribution in [1.29, 1.82) is 0 Å². The topological polar surface area (TPSA) is 59.9 Å². The Morgan fingerprint density at radius 1 is 0.974 bits per heavy atom. The quantitative estimate of drug-likeness (QED) is 0.244. The Morgan fingerprint density at radius 2 is 1.79 bits per heavy atom. The molecule has 1 N–H and O–H groups in total. The number of ether oxygens (including phenoxy) is 2. The molecule has 1 heterocycles. The fourth-order valence-corrected chi connectivity index (χ4v) is 5.71. The minimum absolute atomic E-state index is 0.0299. The molecular weight excluding hydrogens is 484 g/mol. The predicted molar refractivity (Wildman–Crippen MR) is 157 cm³/mol. The first-order valence-corrected chi connectivity index (χ1v) is 14.1. The summed E-state index contributed by atoms with van der Waals surface area (Å²) in [6, 6.07) is 20.6. The predicted octanol–water partition coefficient (Wildman–Crippen LogP) is 7.76. The third-order valence-corrected chi connectivity index (χ3v) is 8.39. The summed E-state index contributed by atoms with van der Waals surface area (Å²) in [6.07, 6.45) is 10.3. The molecule has 1 aliphatic heterocycles. The summed E-state index contributed by atoms with van der Waals surface area (Å²) in [5.41, 5.74) is 8.51. The van der Waals surface area contributed by atoms with Crippen LogP contribution < -0.4 is 14.8 Å². The molecular formula is C34H36N2O3. The van der Waals surface area contributed by atoms with E-state index in [4.69, 9.17) is 14.5 Å². The average Bonchev–Trinajstić information content (AvgIpc) is 3.65. The van der Waals surface area contributed by atoms with Crippen molar-refractivity contribution in [2.75, 3.05) is 18.7 Å². The van der Waals surface area contributed by atoms with Crippen LogP contribution in [0.3, 0.4) is 0 Å². The molecule has 0 aromatic heterocycles. The average molecular weight is 521 g/mol. The van der Waals surface area contributed by atoms with Crippen LogP contribution in [-0.4, -0.2) is 25.0 Å². The molecule has 5 heteroatoms. The SMILES string of the molecule is CC(=NCCC1=CCCCC1)c1ccc(-c2cc(NC(=O)C3(c4ccc5c(c4)OCO5)CC3)ccc2C)cc1. The Kier molecular flexibility index (Phi) is 6.99. The number of benzene rings is 3. The van der Waals surface area contributed by atoms with Gasteiger partial charge >= 0.3 is 0 Å². The molecule has 0 unspecified atom stereocenters. The van der Waals surface area contributed by atoms with Crippen LogP contribution in [0, 0.1) is 6.92 Å². The van der Waals surface area contributed by atoms with Crippen molar-refractivity contribution in [3.63, 3.8) is 0 Å². The molecule has 1 fully saturated rings. The van der Waals surface area contributed by atoms with Crippen LogP contribution >= 0.6 is 0 Å². The van der Waals surface area contributed by atoms with Gasteiger partial charge in [0.05, 0.1) is 5.41 Å². The lowest BCUT2D eigenvalue weighted by Crippen LogP contribution is -2.27. The summed E-state index contributed by atoms with van der Waals surface area (Å²) in [5, 5.41) is 3.19. The Morgan fingerprint density at radius 3 is 2.56 bits per heavy atom. The number of carbonyl (C=O) groups is 1. The third kappa shape index (κ3) is 5.36. The Balaban J connectivity index is 1.14. The number of anilines is 1. The van der Waals surface area contributed by atoms with E-state index in [1.807, 2.05) is 24.3 Å². The van der Waals surface area contributed by atoms with Crippen LogP contribution in [0.25, 0.3) is 11.1 Å². The van der Waals surface area contributed by atoms with Crippen LogP contribution in [0.5, 0.6) is 11.5 Å². The van der Waals surface area contributed by atoms with Crippen molar-refractivity contribution in [3.8, 4) is 22.6 Å². The fourth-order valence-electron chi connectivity index (χ4n) is 5.71. The number of aliphatic imine (C=N–C) groups is 1. The number of allylic oxidation sites excluding steroid dienone is 1. The van der Waals surface area contributed by atoms with Crippen LogP contribution in [0.4, 0.5) is 5.69 Å². The lowest BCUT2D eigenvalue weighted by Gasteiger charge is -2.17. The highest BCUT2D eigenvalue weighted by Gasteiger charge is 2.51. The van der Waals surface area contributed by atoms with E-state index < -0.39 is 5.41 Å². The zero-order chi connectivity index (χ0) is 26.8. The van der Waals surface area contributed by atoms with Crippen molar-refractivity contribution in [2.45, 2.75) is 64.2 Å². The summed E-state index contributed by atoms with van der Waals surface area (Å²) in [5.74, 6) is 1.49. The van der Waals surface area contributed by atoms with E-state index in [2.05, 4.69) is 61.6 Å². The Bertz CT molecular complexity index is 1450. The first kappa shape index (κ1) is 25.4. The summed E-state index contributed by atoms with van der Waals surface area (Å²) >= 11 is 0. The highest BCUT2D eigenvalue weighted by molar-refractivity contribution is 6.02. The summed E-state index contributed by atoms with van der Waals surface area (Å²) in [7, 11) is 0. The first-order chi connectivity index (χ1) is 19.0. The second kappa shape index (κ2) is 10.7. The largest absolute Gasteiger partial charge is 0.454 e. The van der Waals surface area contributed by atoms with Gasteiger partial charge in [-0.15, -0.1) is 0 Å². The molecule has 0 atom stereocenters. The maximum atomic E-state index is 13.4. The van der Waals surface area contributed by atoms with Crippen molar-refractivity contribution in [2.24, 2.45) is 4.99 Å². The Hall–Kier alpha value is -3.86. The number of rotatable bonds is 8. The maximum Gasteiger partial charge on any atom is 0.235 e. The number of aryl methyl sites for hydroxylation is 1. The number of nitrogens with zero attached hydrogens (tertiary/aromatic N) is 1. The van der Waals surface area contributed by atoms with Gasteiger partial charge in [-0.25, -0.2) is 0 Å². The van der Waals surface area contributed by atoms with E-state index in [0.29, 0.717) is 0 Å². The van der Waals surface area contributed by atoms with Crippen molar-refractivity contribution >= 4 is 17.3 Å². The second-order valence-corrected chi connectivity index (χ2v) is 11.0. The number of amides is 1. The lowest BCUT2D eigenvalue weighted by atomic mass is 9.94. The molecule has 2 aliphatic carbocycles. The molecule has 3 aliphatic rings. The molecule has 6 rings (SSSR count). The molecule has 1 amide bonds. The van der Waals surface area contributed by atoms with E-state index in [-0.39, 0.29) is 12.7 Å². The standard InChI is InChI=1S/C34H36N2O3/c1-23-8-14-29(36-33(37)34(17-18-34)28-13-15-31-32(20-28)39-22-38-31)21-30(23)27-11-9-26(10-12-27)24(2)35-19-16-25-6-4-3-5-7-25/h6,8-15,20-21H,3-5,7,16-19,22H2,1-2H3,(H,36,37). The van der Waals surface area contributed by atoms with Gasteiger partial charge in [0.2, 0.25) is 12.7 Å². The first-order valence-electron chi connectivity index (χ1n) is 14.1. The van der Waals surface area contributed by atoms with Gasteiger partial charge in [0, 0.05) is 17.9 Å². The number of fused-ring (bicyclic) bond motifs is 1. The molecule has 0 bridgehead atoms. The minimum Gasteiger partial charge on any atom is -0.454 e. The van der Waals surface area contributed by atoms with Crippen molar-refractivity contribution < 1.29 is 14.3 Å². The summed E-state index contributed by atoms with van der Waals surface area (Å²) < 4.78 is 11.0. The molecule has 1 saturated carbocycles. The van der Waals surface area contributed by atoms with Crippen LogP contribution in [0.1, 0.15) is 68.6 Å². The summed E-state index contributed by atoms with van der Waals surface area (Å²) in [4.78, 5) is 18.3. The molecule has 0 spiro atoms. The van der Waals surface area contributed by atoms with Crippen molar-refractivity contribution in [1.82, 2.24) is 0 Å². The van der Waals surface area contributed by atoms with Gasteiger partial charge in [0.25, 0.3) is 0 Å². The maximum absolute atomic E-state index is 13.4. The van der Waals surface area contributed by atoms with Gasteiger partial charge < -0.3 is 14.8 Å². The van der Waals surface area contributed by atoms with Gasteiger partial charge in [-0.3, -0.25) is 9.79 Å².